The van der Waals surface area contributed by atoms with E-state index < -0.39 is 0 Å². The Bertz CT molecular complexity index is 983. The van der Waals surface area contributed by atoms with Crippen LogP contribution >= 0.6 is 11.3 Å². The highest BCUT2D eigenvalue weighted by Crippen LogP contribution is 2.29. The zero-order valence-electron chi connectivity index (χ0n) is 11.8. The monoisotopic (exact) mass is 308 g/mol. The molecule has 0 amide bonds. The van der Waals surface area contributed by atoms with Gasteiger partial charge in [-0.05, 0) is 24.3 Å². The molecule has 0 atom stereocenters. The van der Waals surface area contributed by atoms with Crippen LogP contribution in [0.15, 0.2) is 54.7 Å². The third kappa shape index (κ3) is 1.98. The summed E-state index contributed by atoms with van der Waals surface area (Å²) in [5, 5.41) is 0. The Hall–Kier alpha value is -2.66. The zero-order valence-corrected chi connectivity index (χ0v) is 12.6. The molecule has 2 aromatic carbocycles. The highest BCUT2D eigenvalue weighted by Gasteiger charge is 2.11. The van der Waals surface area contributed by atoms with Crippen LogP contribution in [0, 0.1) is 0 Å². The van der Waals surface area contributed by atoms with E-state index >= 15 is 0 Å². The molecule has 0 aliphatic heterocycles. The lowest BCUT2D eigenvalue weighted by atomic mass is 10.1. The van der Waals surface area contributed by atoms with Gasteiger partial charge in [0, 0.05) is 11.8 Å². The number of carbonyl (C=O) groups excluding carboxylic acids is 1. The summed E-state index contributed by atoms with van der Waals surface area (Å²) in [6.07, 6.45) is 2.03. The standard InChI is InChI=1S/C17H12N2O2S/c1-21-16(20)12-8-6-11(7-9-12)13-10-19-14-4-2-3-5-15(14)22-17(19)18-13/h2-10H,1H3. The summed E-state index contributed by atoms with van der Waals surface area (Å²) in [6, 6.07) is 15.5. The second-order valence-electron chi connectivity index (χ2n) is 4.92. The predicted molar refractivity (Wildman–Crippen MR) is 87.4 cm³/mol. The maximum atomic E-state index is 11.5. The van der Waals surface area contributed by atoms with Crippen molar-refractivity contribution in [3.8, 4) is 11.3 Å². The van der Waals surface area contributed by atoms with Crippen LogP contribution in [-0.2, 0) is 4.74 Å². The Kier molecular flexibility index (Phi) is 2.94. The van der Waals surface area contributed by atoms with Crippen molar-refractivity contribution in [2.75, 3.05) is 7.11 Å². The number of hydrogen-bond acceptors (Lipinski definition) is 4. The fraction of sp³-hybridized carbons (Fsp3) is 0.0588. The molecule has 0 radical (unpaired) electrons. The van der Waals surface area contributed by atoms with Crippen LogP contribution in [0.5, 0.6) is 0 Å². The van der Waals surface area contributed by atoms with Gasteiger partial charge < -0.3 is 4.74 Å². The van der Waals surface area contributed by atoms with E-state index in [2.05, 4.69) is 21.5 Å². The molecule has 0 spiro atoms. The highest BCUT2D eigenvalue weighted by molar-refractivity contribution is 7.23. The number of hydrogen-bond donors (Lipinski definition) is 0. The molecule has 4 rings (SSSR count). The summed E-state index contributed by atoms with van der Waals surface area (Å²) in [7, 11) is 1.38. The summed E-state index contributed by atoms with van der Waals surface area (Å²) in [5.41, 5.74) is 3.58. The first-order valence-corrected chi connectivity index (χ1v) is 7.63. The summed E-state index contributed by atoms with van der Waals surface area (Å²) in [4.78, 5) is 17.1. The van der Waals surface area contributed by atoms with Crippen LogP contribution < -0.4 is 0 Å². The van der Waals surface area contributed by atoms with Crippen LogP contribution in [0.2, 0.25) is 0 Å². The average molecular weight is 308 g/mol. The molecule has 108 valence electrons. The second-order valence-corrected chi connectivity index (χ2v) is 5.93. The van der Waals surface area contributed by atoms with Crippen molar-refractivity contribution < 1.29 is 9.53 Å². The van der Waals surface area contributed by atoms with E-state index in [1.54, 1.807) is 23.5 Å². The van der Waals surface area contributed by atoms with Crippen molar-refractivity contribution in [1.82, 2.24) is 9.38 Å². The molecule has 4 nitrogen and oxygen atoms in total. The van der Waals surface area contributed by atoms with Crippen molar-refractivity contribution in [3.63, 3.8) is 0 Å². The number of imidazole rings is 1. The number of rotatable bonds is 2. The largest absolute Gasteiger partial charge is 0.465 e. The first kappa shape index (κ1) is 13.0. The maximum absolute atomic E-state index is 11.5. The molecule has 0 saturated carbocycles. The summed E-state index contributed by atoms with van der Waals surface area (Å²) in [6.45, 7) is 0. The third-order valence-corrected chi connectivity index (χ3v) is 4.64. The number of benzene rings is 2. The number of aromatic nitrogens is 2. The SMILES string of the molecule is COC(=O)c1ccc(-c2cn3c(n2)sc2ccccc23)cc1. The number of carbonyl (C=O) groups is 1. The number of ether oxygens (including phenoxy) is 1. The minimum Gasteiger partial charge on any atom is -0.465 e. The molecule has 4 aromatic rings. The van der Waals surface area contributed by atoms with Crippen LogP contribution in [0.4, 0.5) is 0 Å². The molecular formula is C17H12N2O2S. The normalized spacial score (nSPS) is 11.1. The molecule has 5 heteroatoms. The number of thiazole rings is 1. The van der Waals surface area contributed by atoms with Crippen LogP contribution in [0.1, 0.15) is 10.4 Å². The number of fused-ring (bicyclic) bond motifs is 3. The molecule has 0 unspecified atom stereocenters. The number of methoxy groups -OCH3 is 1. The molecule has 0 saturated heterocycles. The van der Waals surface area contributed by atoms with Gasteiger partial charge in [-0.3, -0.25) is 4.40 Å². The quantitative estimate of drug-likeness (QED) is 0.526. The molecule has 0 aliphatic carbocycles. The molecule has 0 bridgehead atoms. The predicted octanol–water partition coefficient (Wildman–Crippen LogP) is 4.00. The molecule has 22 heavy (non-hydrogen) atoms. The zero-order chi connectivity index (χ0) is 15.1. The van der Waals surface area contributed by atoms with E-state index in [4.69, 9.17) is 4.74 Å². The summed E-state index contributed by atoms with van der Waals surface area (Å²) in [5.74, 6) is -0.330. The fourth-order valence-corrected chi connectivity index (χ4v) is 3.49. The van der Waals surface area contributed by atoms with Gasteiger partial charge in [-0.2, -0.15) is 0 Å². The Morgan fingerprint density at radius 3 is 2.68 bits per heavy atom. The van der Waals surface area contributed by atoms with Gasteiger partial charge in [0.25, 0.3) is 0 Å². The summed E-state index contributed by atoms with van der Waals surface area (Å²) < 4.78 is 8.03. The number of nitrogens with zero attached hydrogens (tertiary/aromatic N) is 2. The summed E-state index contributed by atoms with van der Waals surface area (Å²) >= 11 is 1.67. The first-order valence-electron chi connectivity index (χ1n) is 6.81. The fourth-order valence-electron chi connectivity index (χ4n) is 2.48. The Balaban J connectivity index is 1.79. The molecule has 2 heterocycles. The smallest absolute Gasteiger partial charge is 0.337 e. The minimum absolute atomic E-state index is 0.330. The van der Waals surface area contributed by atoms with Crippen LogP contribution in [-0.4, -0.2) is 22.5 Å². The average Bonchev–Trinajstić information content (AvgIpc) is 3.12. The lowest BCUT2D eigenvalue weighted by Gasteiger charge is -2.00. The van der Waals surface area contributed by atoms with Crippen molar-refractivity contribution in [3.05, 3.63) is 60.3 Å². The van der Waals surface area contributed by atoms with E-state index in [0.29, 0.717) is 5.56 Å². The maximum Gasteiger partial charge on any atom is 0.337 e. The van der Waals surface area contributed by atoms with Gasteiger partial charge in [-0.15, -0.1) is 0 Å². The topological polar surface area (TPSA) is 43.6 Å². The van der Waals surface area contributed by atoms with Crippen LogP contribution in [0.3, 0.4) is 0 Å². The van der Waals surface area contributed by atoms with Gasteiger partial charge in [-0.1, -0.05) is 35.6 Å². The molecule has 0 aliphatic rings. The van der Waals surface area contributed by atoms with E-state index in [1.807, 2.05) is 30.5 Å². The Morgan fingerprint density at radius 1 is 1.14 bits per heavy atom. The van der Waals surface area contributed by atoms with Gasteiger partial charge in [-0.25, -0.2) is 9.78 Å². The lowest BCUT2D eigenvalue weighted by Crippen LogP contribution is -2.00. The van der Waals surface area contributed by atoms with E-state index in [-0.39, 0.29) is 5.97 Å². The van der Waals surface area contributed by atoms with Gasteiger partial charge in [0.15, 0.2) is 4.96 Å². The van der Waals surface area contributed by atoms with Crippen LogP contribution in [0.25, 0.3) is 26.4 Å². The van der Waals surface area contributed by atoms with E-state index in [9.17, 15) is 4.79 Å². The van der Waals surface area contributed by atoms with E-state index in [0.717, 1.165) is 21.7 Å². The highest BCUT2D eigenvalue weighted by atomic mass is 32.1. The first-order chi connectivity index (χ1) is 10.8. The number of para-hydroxylation sites is 1. The van der Waals surface area contributed by atoms with Gasteiger partial charge in [0.1, 0.15) is 0 Å². The Labute approximate surface area is 130 Å². The minimum atomic E-state index is -0.330. The van der Waals surface area contributed by atoms with Crippen molar-refractivity contribution in [2.24, 2.45) is 0 Å². The molecule has 2 aromatic heterocycles. The van der Waals surface area contributed by atoms with Gasteiger partial charge in [0.2, 0.25) is 0 Å². The Morgan fingerprint density at radius 2 is 1.91 bits per heavy atom. The van der Waals surface area contributed by atoms with Crippen molar-refractivity contribution in [2.45, 2.75) is 0 Å². The lowest BCUT2D eigenvalue weighted by molar-refractivity contribution is 0.0601. The van der Waals surface area contributed by atoms with E-state index in [1.165, 1.54) is 11.8 Å². The number of esters is 1. The molecular weight excluding hydrogens is 296 g/mol. The van der Waals surface area contributed by atoms with Gasteiger partial charge in [0.05, 0.1) is 28.6 Å². The van der Waals surface area contributed by atoms with Gasteiger partial charge >= 0.3 is 5.97 Å². The van der Waals surface area contributed by atoms with Crippen molar-refractivity contribution in [1.29, 1.82) is 0 Å². The van der Waals surface area contributed by atoms with Crippen molar-refractivity contribution >= 4 is 32.5 Å². The molecule has 0 fully saturated rings. The molecule has 0 N–H and O–H groups in total. The second kappa shape index (κ2) is 4.96. The third-order valence-electron chi connectivity index (χ3n) is 3.60.